The van der Waals surface area contributed by atoms with Crippen molar-refractivity contribution in [1.82, 2.24) is 5.32 Å². The lowest BCUT2D eigenvalue weighted by Crippen LogP contribution is -2.47. The van der Waals surface area contributed by atoms with Crippen LogP contribution >= 0.6 is 0 Å². The highest BCUT2D eigenvalue weighted by atomic mass is 19.4. The van der Waals surface area contributed by atoms with Crippen molar-refractivity contribution in [2.24, 2.45) is 0 Å². The molecule has 1 unspecified atom stereocenters. The molecule has 2 N–H and O–H groups in total. The van der Waals surface area contributed by atoms with Gasteiger partial charge >= 0.3 is 18.3 Å². The zero-order valence-corrected chi connectivity index (χ0v) is 30.1. The number of rotatable bonds is 10. The number of alkyl halides is 6. The van der Waals surface area contributed by atoms with Crippen molar-refractivity contribution in [1.29, 1.82) is 0 Å². The Morgan fingerprint density at radius 3 is 1.96 bits per heavy atom. The second-order valence-corrected chi connectivity index (χ2v) is 13.7. The molecule has 3 amide bonds. The molecular weight excluding hydrogens is 752 g/mol. The van der Waals surface area contributed by atoms with Gasteiger partial charge in [-0.15, -0.1) is 0 Å². The minimum atomic E-state index is -4.65. The number of carbonyl (C=O) groups excluding carboxylic acids is 4. The van der Waals surface area contributed by atoms with Crippen LogP contribution in [0.1, 0.15) is 58.5 Å². The Morgan fingerprint density at radius 1 is 0.772 bits per heavy atom. The van der Waals surface area contributed by atoms with Crippen LogP contribution in [0.2, 0.25) is 0 Å². The third-order valence-electron chi connectivity index (χ3n) is 10.2. The van der Waals surface area contributed by atoms with E-state index in [1.54, 1.807) is 72.8 Å². The summed E-state index contributed by atoms with van der Waals surface area (Å²) < 4.78 is 85.0. The Bertz CT molecular complexity index is 2350. The molecule has 292 valence electrons. The van der Waals surface area contributed by atoms with Gasteiger partial charge in [-0.25, -0.2) is 0 Å². The summed E-state index contributed by atoms with van der Waals surface area (Å²) in [6.45, 7) is -0.397. The van der Waals surface area contributed by atoms with E-state index in [2.05, 4.69) is 10.6 Å². The highest BCUT2D eigenvalue weighted by molar-refractivity contribution is 6.10. The van der Waals surface area contributed by atoms with Crippen molar-refractivity contribution >= 4 is 35.1 Å². The molecular formula is C43H33F6N3O5. The van der Waals surface area contributed by atoms with E-state index in [4.69, 9.17) is 4.74 Å². The number of anilines is 2. The van der Waals surface area contributed by atoms with Gasteiger partial charge in [0.05, 0.1) is 11.3 Å². The van der Waals surface area contributed by atoms with E-state index in [0.29, 0.717) is 39.1 Å². The molecule has 14 heteroatoms. The number of halogens is 6. The Morgan fingerprint density at radius 2 is 1.37 bits per heavy atom. The van der Waals surface area contributed by atoms with Crippen LogP contribution in [0.5, 0.6) is 0 Å². The van der Waals surface area contributed by atoms with E-state index in [0.717, 1.165) is 19.1 Å². The van der Waals surface area contributed by atoms with Crippen LogP contribution in [-0.2, 0) is 30.7 Å². The fourth-order valence-electron chi connectivity index (χ4n) is 7.75. The van der Waals surface area contributed by atoms with Gasteiger partial charge in [-0.2, -0.15) is 26.3 Å². The summed E-state index contributed by atoms with van der Waals surface area (Å²) in [6, 6.07) is 29.4. The molecule has 0 fully saturated rings. The maximum atomic E-state index is 14.0. The predicted octanol–water partition coefficient (Wildman–Crippen LogP) is 9.00. The smallest absolute Gasteiger partial charge is 0.416 e. The summed E-state index contributed by atoms with van der Waals surface area (Å²) >= 11 is 0. The first kappa shape index (κ1) is 38.8. The summed E-state index contributed by atoms with van der Waals surface area (Å²) in [5.74, 6) is -2.77. The Labute approximate surface area is 322 Å². The lowest BCUT2D eigenvalue weighted by Gasteiger charge is -2.32. The second kappa shape index (κ2) is 14.9. The molecule has 5 aromatic carbocycles. The lowest BCUT2D eigenvalue weighted by atomic mass is 9.73. The zero-order chi connectivity index (χ0) is 40.7. The van der Waals surface area contributed by atoms with Gasteiger partial charge in [-0.05, 0) is 82.6 Å². The Kier molecular flexibility index (Phi) is 10.1. The van der Waals surface area contributed by atoms with Crippen LogP contribution in [0.25, 0.3) is 22.3 Å². The van der Waals surface area contributed by atoms with E-state index in [-0.39, 0.29) is 36.2 Å². The first-order valence-electron chi connectivity index (χ1n) is 17.8. The number of amides is 3. The monoisotopic (exact) mass is 785 g/mol. The van der Waals surface area contributed by atoms with Gasteiger partial charge in [0, 0.05) is 30.3 Å². The van der Waals surface area contributed by atoms with E-state index in [9.17, 15) is 45.5 Å². The number of esters is 1. The summed E-state index contributed by atoms with van der Waals surface area (Å²) in [6.07, 6.45) is -10.4. The van der Waals surface area contributed by atoms with Gasteiger partial charge in [0.15, 0.2) is 0 Å². The number of benzene rings is 5. The van der Waals surface area contributed by atoms with Crippen molar-refractivity contribution < 1.29 is 50.3 Å². The molecule has 0 aromatic heterocycles. The molecule has 1 atom stereocenters. The molecule has 7 rings (SSSR count). The fraction of sp³-hybridized carbons (Fsp3) is 0.209. The second-order valence-electron chi connectivity index (χ2n) is 13.7. The van der Waals surface area contributed by atoms with Crippen molar-refractivity contribution in [2.45, 2.75) is 43.6 Å². The van der Waals surface area contributed by atoms with Crippen LogP contribution in [0, 0.1) is 0 Å². The van der Waals surface area contributed by atoms with Gasteiger partial charge in [0.1, 0.15) is 12.0 Å². The quantitative estimate of drug-likeness (QED) is 0.109. The highest BCUT2D eigenvalue weighted by Crippen LogP contribution is 2.52. The minimum Gasteiger partial charge on any atom is -0.447 e. The summed E-state index contributed by atoms with van der Waals surface area (Å²) in [5, 5.41) is 4.86. The van der Waals surface area contributed by atoms with Crippen LogP contribution in [0.4, 0.5) is 37.7 Å². The maximum Gasteiger partial charge on any atom is 0.416 e. The number of nitrogens with one attached hydrogen (secondary N) is 2. The van der Waals surface area contributed by atoms with Gasteiger partial charge in [-0.3, -0.25) is 19.2 Å². The highest BCUT2D eigenvalue weighted by Gasteiger charge is 2.50. The summed E-state index contributed by atoms with van der Waals surface area (Å²) in [5.41, 5.74) is 1.92. The zero-order valence-electron chi connectivity index (χ0n) is 30.1. The van der Waals surface area contributed by atoms with Crippen LogP contribution in [-0.4, -0.2) is 43.0 Å². The third kappa shape index (κ3) is 7.46. The molecule has 8 nitrogen and oxygen atoms in total. The number of hydrogen-bond acceptors (Lipinski definition) is 5. The molecule has 5 aromatic rings. The Hall–Kier alpha value is -6.44. The molecule has 1 heterocycles. The van der Waals surface area contributed by atoms with Crippen molar-refractivity contribution in [3.05, 3.63) is 143 Å². The van der Waals surface area contributed by atoms with Gasteiger partial charge < -0.3 is 20.3 Å². The number of hydrogen-bond donors (Lipinski definition) is 2. The SMILES string of the molecule is CC(=O)OC1C(=O)N(CCCC2(C(=O)NCC(F)(F)F)c3ccccc3-c3ccccc32)c2ccc(NC(=O)c3ccccc3-c3ccc(C(F)(F)F)cc3)cc21. The first-order chi connectivity index (χ1) is 27.1. The molecule has 0 spiro atoms. The molecule has 1 aliphatic carbocycles. The first-order valence-corrected chi connectivity index (χ1v) is 17.8. The lowest BCUT2D eigenvalue weighted by molar-refractivity contribution is -0.152. The van der Waals surface area contributed by atoms with Gasteiger partial charge in [0.25, 0.3) is 11.8 Å². The van der Waals surface area contributed by atoms with Crippen LogP contribution in [0.3, 0.4) is 0 Å². The van der Waals surface area contributed by atoms with Crippen LogP contribution < -0.4 is 15.5 Å². The number of nitrogens with zero attached hydrogens (tertiary/aromatic N) is 1. The molecule has 0 saturated heterocycles. The third-order valence-corrected chi connectivity index (χ3v) is 10.2. The predicted molar refractivity (Wildman–Crippen MR) is 199 cm³/mol. The van der Waals surface area contributed by atoms with Crippen molar-refractivity contribution in [3.63, 3.8) is 0 Å². The number of fused-ring (bicyclic) bond motifs is 4. The van der Waals surface area contributed by atoms with Crippen molar-refractivity contribution in [3.8, 4) is 22.3 Å². The molecule has 1 aliphatic heterocycles. The minimum absolute atomic E-state index is 0.00551. The van der Waals surface area contributed by atoms with E-state index < -0.39 is 59.7 Å². The molecule has 0 bridgehead atoms. The average molecular weight is 786 g/mol. The Balaban J connectivity index is 1.15. The number of carbonyl (C=O) groups is 4. The maximum absolute atomic E-state index is 14.0. The van der Waals surface area contributed by atoms with E-state index in [1.807, 2.05) is 0 Å². The topological polar surface area (TPSA) is 105 Å². The van der Waals surface area contributed by atoms with Gasteiger partial charge in [-0.1, -0.05) is 78.9 Å². The van der Waals surface area contributed by atoms with E-state index >= 15 is 0 Å². The van der Waals surface area contributed by atoms with E-state index in [1.165, 1.54) is 35.2 Å². The molecule has 57 heavy (non-hydrogen) atoms. The van der Waals surface area contributed by atoms with Crippen LogP contribution in [0.15, 0.2) is 115 Å². The average Bonchev–Trinajstić information content (AvgIpc) is 3.61. The number of ether oxygens (including phenoxy) is 1. The molecule has 0 radical (unpaired) electrons. The summed E-state index contributed by atoms with van der Waals surface area (Å²) in [7, 11) is 0. The summed E-state index contributed by atoms with van der Waals surface area (Å²) in [4.78, 5) is 55.0. The molecule has 0 saturated carbocycles. The van der Waals surface area contributed by atoms with Gasteiger partial charge in [0.2, 0.25) is 12.0 Å². The van der Waals surface area contributed by atoms with Crippen molar-refractivity contribution in [2.75, 3.05) is 23.3 Å². The molecule has 2 aliphatic rings. The standard InChI is InChI=1S/C43H33F6N3O5/c1-25(53)57-37-33-23-28(51-38(54)32-12-3-2-9-29(32)26-15-17-27(18-16-26)43(47,48)49)19-20-36(33)52(39(37)55)22-8-21-41(40(56)50-24-42(44,45)46)34-13-6-4-10-30(34)31-11-5-7-14-35(31)41/h2-7,9-20,23,37H,8,21-22,24H2,1H3,(H,50,56)(H,51,54). The largest absolute Gasteiger partial charge is 0.447 e. The fourth-order valence-corrected chi connectivity index (χ4v) is 7.75. The normalized spacial score (nSPS) is 15.4.